The molecule has 4 atom stereocenters. The van der Waals surface area contributed by atoms with Gasteiger partial charge in [0.25, 0.3) is 0 Å². The molecule has 0 aromatic heterocycles. The molecule has 0 rings (SSSR count). The van der Waals surface area contributed by atoms with Crippen molar-refractivity contribution in [2.75, 3.05) is 50.8 Å². The van der Waals surface area contributed by atoms with Crippen molar-refractivity contribution >= 4 is 33.8 Å². The molecule has 0 amide bonds. The molecule has 0 fully saturated rings. The topological polar surface area (TPSA) is 122 Å². The van der Waals surface area contributed by atoms with Crippen LogP contribution < -0.4 is 0 Å². The van der Waals surface area contributed by atoms with E-state index in [0.29, 0.717) is 50.8 Å². The summed E-state index contributed by atoms with van der Waals surface area (Å²) >= 11 is 2.40. The van der Waals surface area contributed by atoms with Gasteiger partial charge in [-0.1, -0.05) is 411 Å². The number of rotatable bonds is 76. The van der Waals surface area contributed by atoms with Gasteiger partial charge in [-0.15, -0.1) is 0 Å². The third-order valence-electron chi connectivity index (χ3n) is 19.1. The van der Waals surface area contributed by atoms with Crippen LogP contribution in [0.2, 0.25) is 0 Å². The van der Waals surface area contributed by atoms with Gasteiger partial charge in [-0.05, 0) is 37.8 Å². The quantitative estimate of drug-likeness (QED) is 0.0346. The summed E-state index contributed by atoms with van der Waals surface area (Å²) in [7, 11) is 0. The summed E-state index contributed by atoms with van der Waals surface area (Å²) in [5.74, 6) is 1.06. The fourth-order valence-electron chi connectivity index (χ4n) is 13.2. The monoisotopic (exact) mass is 1310 g/mol. The molecule has 4 N–H and O–H groups in total. The Morgan fingerprint density at radius 1 is 0.256 bits per heavy atom. The SMILES string of the molecule is CCCCCCCCCCCCCCCCC(O)CN(CCSC(=O)/C=C/C(=O)SCCN(CC(O)CCCCCCCCCCCCCCCC)CC(O)CCCCCCCCCCCCCCCC)CC(O)CCCCCCCCCCCCCCCC. The second-order valence-electron chi connectivity index (χ2n) is 28.3. The van der Waals surface area contributed by atoms with E-state index < -0.39 is 24.4 Å². The maximum atomic E-state index is 13.1. The van der Waals surface area contributed by atoms with Gasteiger partial charge in [0.2, 0.25) is 10.2 Å². The van der Waals surface area contributed by atoms with E-state index in [1.165, 1.54) is 344 Å². The molecular weight excluding hydrogens is 1150 g/mol. The summed E-state index contributed by atoms with van der Waals surface area (Å²) < 4.78 is 0. The Balaban J connectivity index is 5.11. The summed E-state index contributed by atoms with van der Waals surface area (Å²) in [5, 5.41) is 44.6. The minimum atomic E-state index is -0.462. The van der Waals surface area contributed by atoms with Crippen molar-refractivity contribution in [2.24, 2.45) is 0 Å². The van der Waals surface area contributed by atoms with Crippen molar-refractivity contribution in [3.05, 3.63) is 12.2 Å². The molecule has 0 radical (unpaired) electrons. The van der Waals surface area contributed by atoms with E-state index in [4.69, 9.17) is 0 Å². The Morgan fingerprint density at radius 3 is 0.556 bits per heavy atom. The average Bonchev–Trinajstić information content (AvgIpc) is 3.69. The number of aliphatic hydroxyl groups is 4. The maximum absolute atomic E-state index is 13.1. The number of thioether (sulfide) groups is 2. The van der Waals surface area contributed by atoms with Crippen molar-refractivity contribution in [3.8, 4) is 0 Å². The summed E-state index contributed by atoms with van der Waals surface area (Å²) in [6.07, 6.45) is 77.4. The summed E-state index contributed by atoms with van der Waals surface area (Å²) in [6.45, 7) is 12.3. The standard InChI is InChI=1S/C80H158N2O6S2/c1-5-9-13-17-21-25-29-33-37-41-45-49-53-57-61-75(83)71-81(72-76(84)62-58-54-50-46-42-38-34-30-26-22-18-14-10-6-2)67-69-89-79(87)65-66-80(88)90-70-68-82(73-77(85)63-59-55-51-47-43-39-35-31-27-23-19-15-11-7-3)74-78(86)64-60-56-52-48-44-40-36-32-28-24-20-16-12-8-4/h65-66,75-78,83-86H,5-64,67-74H2,1-4H3/b66-65+. The molecule has 0 aromatic carbocycles. The first-order valence-electron chi connectivity index (χ1n) is 40.3. The zero-order chi connectivity index (χ0) is 65.5. The van der Waals surface area contributed by atoms with Gasteiger partial charge in [0.1, 0.15) is 0 Å². The van der Waals surface area contributed by atoms with Gasteiger partial charge in [-0.25, -0.2) is 0 Å². The Hall–Kier alpha value is -0.460. The van der Waals surface area contributed by atoms with Gasteiger partial charge in [0.05, 0.1) is 24.4 Å². The molecule has 8 nitrogen and oxygen atoms in total. The number of hydrogen-bond donors (Lipinski definition) is 4. The highest BCUT2D eigenvalue weighted by molar-refractivity contribution is 8.14. The highest BCUT2D eigenvalue weighted by Crippen LogP contribution is 2.21. The molecular formula is C80H158N2O6S2. The van der Waals surface area contributed by atoms with Gasteiger partial charge in [0.15, 0.2) is 0 Å². The molecule has 0 saturated heterocycles. The first-order valence-corrected chi connectivity index (χ1v) is 42.3. The van der Waals surface area contributed by atoms with Crippen molar-refractivity contribution < 1.29 is 30.0 Å². The zero-order valence-corrected chi connectivity index (χ0v) is 62.5. The van der Waals surface area contributed by atoms with Crippen LogP contribution in [-0.4, -0.2) is 116 Å². The lowest BCUT2D eigenvalue weighted by atomic mass is 10.0. The molecule has 0 aliphatic rings. The summed E-state index contributed by atoms with van der Waals surface area (Å²) in [4.78, 5) is 30.6. The summed E-state index contributed by atoms with van der Waals surface area (Å²) in [6, 6.07) is 0. The van der Waals surface area contributed by atoms with Gasteiger partial charge in [-0.3, -0.25) is 19.4 Å². The smallest absolute Gasteiger partial charge is 0.212 e. The average molecular weight is 1310 g/mol. The highest BCUT2D eigenvalue weighted by Gasteiger charge is 2.19. The minimum Gasteiger partial charge on any atom is -0.392 e. The van der Waals surface area contributed by atoms with Crippen molar-refractivity contribution in [1.82, 2.24) is 9.80 Å². The lowest BCUT2D eigenvalue weighted by Gasteiger charge is -2.27. The van der Waals surface area contributed by atoms with Crippen LogP contribution in [0.25, 0.3) is 0 Å². The van der Waals surface area contributed by atoms with Gasteiger partial charge >= 0.3 is 0 Å². The van der Waals surface area contributed by atoms with Crippen LogP contribution in [-0.2, 0) is 9.59 Å². The van der Waals surface area contributed by atoms with E-state index in [1.54, 1.807) is 0 Å². The molecule has 4 unspecified atom stereocenters. The van der Waals surface area contributed by atoms with Crippen LogP contribution in [0.5, 0.6) is 0 Å². The van der Waals surface area contributed by atoms with Gasteiger partial charge < -0.3 is 20.4 Å². The molecule has 90 heavy (non-hydrogen) atoms. The number of carbonyl (C=O) groups is 2. The van der Waals surface area contributed by atoms with Crippen LogP contribution >= 0.6 is 23.5 Å². The minimum absolute atomic E-state index is 0.158. The van der Waals surface area contributed by atoms with E-state index in [2.05, 4.69) is 37.5 Å². The number of aliphatic hydroxyl groups excluding tert-OH is 4. The Bertz CT molecular complexity index is 1270. The van der Waals surface area contributed by atoms with Gasteiger partial charge in [-0.2, -0.15) is 0 Å². The number of nitrogens with zero attached hydrogens (tertiary/aromatic N) is 2. The zero-order valence-electron chi connectivity index (χ0n) is 60.9. The highest BCUT2D eigenvalue weighted by atomic mass is 32.2. The largest absolute Gasteiger partial charge is 0.392 e. The van der Waals surface area contributed by atoms with E-state index in [0.717, 1.165) is 77.0 Å². The predicted molar refractivity (Wildman–Crippen MR) is 401 cm³/mol. The van der Waals surface area contributed by atoms with Crippen LogP contribution in [0.4, 0.5) is 0 Å². The maximum Gasteiger partial charge on any atom is 0.212 e. The second-order valence-corrected chi connectivity index (χ2v) is 30.5. The molecule has 536 valence electrons. The Morgan fingerprint density at radius 2 is 0.400 bits per heavy atom. The molecule has 0 aromatic rings. The van der Waals surface area contributed by atoms with Crippen LogP contribution in [0.1, 0.15) is 413 Å². The van der Waals surface area contributed by atoms with Crippen LogP contribution in [0.15, 0.2) is 12.2 Å². The fourth-order valence-corrected chi connectivity index (χ4v) is 14.6. The molecule has 0 heterocycles. The van der Waals surface area contributed by atoms with E-state index >= 15 is 0 Å². The molecule has 0 spiro atoms. The van der Waals surface area contributed by atoms with Crippen LogP contribution in [0.3, 0.4) is 0 Å². The Kier molecular flexibility index (Phi) is 74.0. The van der Waals surface area contributed by atoms with Gasteiger partial charge in [0, 0.05) is 50.8 Å². The van der Waals surface area contributed by atoms with E-state index in [-0.39, 0.29) is 10.2 Å². The van der Waals surface area contributed by atoms with Crippen LogP contribution in [0, 0.1) is 0 Å². The van der Waals surface area contributed by atoms with Crippen molar-refractivity contribution in [3.63, 3.8) is 0 Å². The lowest BCUT2D eigenvalue weighted by molar-refractivity contribution is -0.109. The third-order valence-corrected chi connectivity index (χ3v) is 20.7. The van der Waals surface area contributed by atoms with E-state index in [1.807, 2.05) is 0 Å². The lowest BCUT2D eigenvalue weighted by Crippen LogP contribution is -2.39. The number of carbonyl (C=O) groups excluding carboxylic acids is 2. The third kappa shape index (κ3) is 70.3. The molecule has 0 aliphatic heterocycles. The molecule has 0 bridgehead atoms. The number of hydrogen-bond acceptors (Lipinski definition) is 10. The normalized spacial score (nSPS) is 13.4. The Labute approximate surface area is 570 Å². The first kappa shape index (κ1) is 89.5. The summed E-state index contributed by atoms with van der Waals surface area (Å²) in [5.41, 5.74) is 0. The second kappa shape index (κ2) is 74.3. The first-order chi connectivity index (χ1) is 44.1. The molecule has 0 saturated carbocycles. The fraction of sp³-hybridized carbons (Fsp3) is 0.950. The van der Waals surface area contributed by atoms with E-state index in [9.17, 15) is 30.0 Å². The van der Waals surface area contributed by atoms with Crippen molar-refractivity contribution in [2.45, 2.75) is 437 Å². The predicted octanol–water partition coefficient (Wildman–Crippen LogP) is 23.6. The molecule has 10 heteroatoms. The van der Waals surface area contributed by atoms with Crippen molar-refractivity contribution in [1.29, 1.82) is 0 Å². The molecule has 0 aliphatic carbocycles. The number of unbranched alkanes of at least 4 members (excludes halogenated alkanes) is 52.